The van der Waals surface area contributed by atoms with Crippen molar-refractivity contribution in [1.82, 2.24) is 19.8 Å². The molecule has 1 aliphatic carbocycles. The predicted octanol–water partition coefficient (Wildman–Crippen LogP) is 3.54. The minimum atomic E-state index is -0.391. The van der Waals surface area contributed by atoms with Gasteiger partial charge < -0.3 is 14.4 Å². The number of carbonyl (C=O) groups excluding carboxylic acids is 1. The Morgan fingerprint density at radius 1 is 1.13 bits per heavy atom. The highest BCUT2D eigenvalue weighted by Gasteiger charge is 2.29. The van der Waals surface area contributed by atoms with E-state index in [1.165, 1.54) is 45.3 Å². The first-order valence-electron chi connectivity index (χ1n) is 10.7. The summed E-state index contributed by atoms with van der Waals surface area (Å²) in [5, 5.41) is 8.49. The Labute approximate surface area is 180 Å². The number of nitriles is 1. The summed E-state index contributed by atoms with van der Waals surface area (Å²) in [6.45, 7) is 11.1. The summed E-state index contributed by atoms with van der Waals surface area (Å²) in [7, 11) is 1.50. The number of hydrogen-bond donors (Lipinski definition) is 0. The summed E-state index contributed by atoms with van der Waals surface area (Å²) in [4.78, 5) is 24.2. The molecule has 0 radical (unpaired) electrons. The third-order valence-electron chi connectivity index (χ3n) is 5.20. The molecule has 1 saturated heterocycles. The molecule has 2 aliphatic rings. The van der Waals surface area contributed by atoms with E-state index in [0.29, 0.717) is 17.4 Å². The van der Waals surface area contributed by atoms with Gasteiger partial charge in [0.15, 0.2) is 0 Å². The lowest BCUT2D eigenvalue weighted by atomic mass is 9.94. The van der Waals surface area contributed by atoms with E-state index in [4.69, 9.17) is 14.7 Å². The number of rotatable bonds is 2. The maximum Gasteiger partial charge on any atom is 0.410 e. The summed E-state index contributed by atoms with van der Waals surface area (Å²) in [6.07, 6.45) is 6.66. The Morgan fingerprint density at radius 2 is 1.77 bits per heavy atom. The lowest BCUT2D eigenvalue weighted by molar-refractivity contribution is 0.00823. The Morgan fingerprint density at radius 3 is 2.30 bits per heavy atom. The fourth-order valence-electron chi connectivity index (χ4n) is 3.74. The predicted molar refractivity (Wildman–Crippen MR) is 114 cm³/mol. The van der Waals surface area contributed by atoms with Crippen molar-refractivity contribution in [3.8, 4) is 11.9 Å². The van der Waals surface area contributed by atoms with Gasteiger partial charge in [0.05, 0.1) is 7.11 Å². The average Bonchev–Trinajstić information content (AvgIpc) is 2.73. The quantitative estimate of drug-likeness (QED) is 0.727. The molecule has 0 spiro atoms. The van der Waals surface area contributed by atoms with Crippen LogP contribution in [0.4, 0.5) is 4.79 Å². The summed E-state index contributed by atoms with van der Waals surface area (Å²) in [6, 6.07) is 4.16. The second-order valence-corrected chi connectivity index (χ2v) is 8.75. The molecule has 8 nitrogen and oxygen atoms in total. The van der Waals surface area contributed by atoms with Gasteiger partial charge in [-0.1, -0.05) is 19.3 Å². The highest BCUT2D eigenvalue weighted by molar-refractivity contribution is 5.68. The normalized spacial score (nSPS) is 18.1. The van der Waals surface area contributed by atoms with Crippen molar-refractivity contribution in [1.29, 1.82) is 5.26 Å². The number of aromatic nitrogens is 2. The molecule has 2 fully saturated rings. The molecule has 0 aromatic carbocycles. The molecule has 8 heteroatoms. The van der Waals surface area contributed by atoms with E-state index >= 15 is 0 Å². The molecule has 0 atom stereocenters. The van der Waals surface area contributed by atoms with Crippen LogP contribution in [0.2, 0.25) is 0 Å². The van der Waals surface area contributed by atoms with Gasteiger partial charge in [-0.15, -0.1) is 0 Å². The number of piperazine rings is 1. The molecule has 0 N–H and O–H groups in total. The number of methoxy groups -OCH3 is 1. The van der Waals surface area contributed by atoms with Crippen molar-refractivity contribution in [3.63, 3.8) is 0 Å². The lowest BCUT2D eigenvalue weighted by Crippen LogP contribution is -2.53. The van der Waals surface area contributed by atoms with Crippen LogP contribution in [0.25, 0.3) is 0 Å². The zero-order valence-electron chi connectivity index (χ0n) is 19.0. The summed E-state index contributed by atoms with van der Waals surface area (Å²) in [5.74, 6) is 0.968. The van der Waals surface area contributed by atoms with Gasteiger partial charge in [0.25, 0.3) is 0 Å². The molecule has 166 valence electrons. The number of aryl methyl sites for hydroxylation is 1. The van der Waals surface area contributed by atoms with Crippen LogP contribution in [0.1, 0.15) is 64.4 Å². The van der Waals surface area contributed by atoms with E-state index in [1.54, 1.807) is 6.92 Å². The van der Waals surface area contributed by atoms with Crippen molar-refractivity contribution in [2.75, 3.05) is 33.3 Å². The van der Waals surface area contributed by atoms with E-state index in [0.717, 1.165) is 32.2 Å². The maximum absolute atomic E-state index is 12.0. The molecule has 1 saturated carbocycles. The summed E-state index contributed by atoms with van der Waals surface area (Å²) >= 11 is 0. The highest BCUT2D eigenvalue weighted by atomic mass is 16.6. The summed E-state index contributed by atoms with van der Waals surface area (Å²) < 4.78 is 10.3. The average molecular weight is 418 g/mol. The molecule has 1 amide bonds. The Balaban J connectivity index is 0.000000248. The van der Waals surface area contributed by atoms with E-state index in [-0.39, 0.29) is 6.09 Å². The van der Waals surface area contributed by atoms with Crippen LogP contribution >= 0.6 is 0 Å². The van der Waals surface area contributed by atoms with Crippen molar-refractivity contribution < 1.29 is 14.3 Å². The minimum absolute atomic E-state index is 0.157. The summed E-state index contributed by atoms with van der Waals surface area (Å²) in [5.41, 5.74) is -0.0632. The van der Waals surface area contributed by atoms with Crippen molar-refractivity contribution in [2.45, 2.75) is 71.4 Å². The van der Waals surface area contributed by atoms with Crippen molar-refractivity contribution in [3.05, 3.63) is 17.6 Å². The lowest BCUT2D eigenvalue weighted by Gasteiger charge is -2.40. The van der Waals surface area contributed by atoms with Gasteiger partial charge in [-0.05, 0) is 40.5 Å². The Hall–Kier alpha value is -2.40. The topological polar surface area (TPSA) is 91.6 Å². The van der Waals surface area contributed by atoms with Gasteiger partial charge >= 0.3 is 6.09 Å². The Bertz CT molecular complexity index is 727. The Kier molecular flexibility index (Phi) is 8.85. The van der Waals surface area contributed by atoms with Gasteiger partial charge in [0.1, 0.15) is 23.2 Å². The number of amides is 1. The van der Waals surface area contributed by atoms with Gasteiger partial charge in [-0.2, -0.15) is 10.2 Å². The largest absolute Gasteiger partial charge is 0.481 e. The molecular weight excluding hydrogens is 382 g/mol. The first-order chi connectivity index (χ1) is 14.2. The van der Waals surface area contributed by atoms with E-state index < -0.39 is 5.60 Å². The zero-order chi connectivity index (χ0) is 22.1. The van der Waals surface area contributed by atoms with Crippen LogP contribution in [0.15, 0.2) is 6.07 Å². The van der Waals surface area contributed by atoms with E-state index in [2.05, 4.69) is 14.9 Å². The first-order valence-corrected chi connectivity index (χ1v) is 10.7. The molecule has 3 rings (SSSR count). The zero-order valence-corrected chi connectivity index (χ0v) is 19.0. The third kappa shape index (κ3) is 7.79. The van der Waals surface area contributed by atoms with Crippen molar-refractivity contribution in [2.24, 2.45) is 0 Å². The number of nitrogens with zero attached hydrogens (tertiary/aromatic N) is 5. The molecular formula is C22H35N5O3. The number of ether oxygens (including phenoxy) is 2. The fourth-order valence-corrected chi connectivity index (χ4v) is 3.74. The molecule has 1 aromatic heterocycles. The number of carbonyl (C=O) groups is 1. The monoisotopic (exact) mass is 417 g/mol. The van der Waals surface area contributed by atoms with Gasteiger partial charge in [0.2, 0.25) is 5.88 Å². The van der Waals surface area contributed by atoms with Crippen LogP contribution in [-0.4, -0.2) is 70.8 Å². The maximum atomic E-state index is 12.0. The standard InChI is InChI=1S/C15H28N2O2.C7H7N3O/c1-15(2,3)19-14(18)17-11-9-16(10-12-17)13-7-5-4-6-8-13;1-5-9-6(4-8)3-7(10-5)11-2/h13H,4-12H2,1-3H3;3H,1-2H3. The molecule has 1 aliphatic heterocycles. The van der Waals surface area contributed by atoms with Gasteiger partial charge in [0, 0.05) is 38.3 Å². The van der Waals surface area contributed by atoms with Crippen LogP contribution in [-0.2, 0) is 4.74 Å². The smallest absolute Gasteiger partial charge is 0.410 e. The fraction of sp³-hybridized carbons (Fsp3) is 0.727. The molecule has 0 unspecified atom stereocenters. The minimum Gasteiger partial charge on any atom is -0.481 e. The second-order valence-electron chi connectivity index (χ2n) is 8.75. The molecule has 2 heterocycles. The SMILES string of the molecule is CC(C)(C)OC(=O)N1CCN(C2CCCCC2)CC1.COc1cc(C#N)nc(C)n1. The second kappa shape index (κ2) is 11.1. The van der Waals surface area contributed by atoms with Crippen LogP contribution in [0.5, 0.6) is 5.88 Å². The van der Waals surface area contributed by atoms with Crippen LogP contribution in [0, 0.1) is 18.3 Å². The van der Waals surface area contributed by atoms with E-state index in [1.807, 2.05) is 31.7 Å². The molecule has 30 heavy (non-hydrogen) atoms. The molecule has 1 aromatic rings. The van der Waals surface area contributed by atoms with Crippen LogP contribution in [0.3, 0.4) is 0 Å². The first kappa shape index (κ1) is 23.9. The number of hydrogen-bond acceptors (Lipinski definition) is 7. The van der Waals surface area contributed by atoms with Gasteiger partial charge in [-0.3, -0.25) is 4.90 Å². The third-order valence-corrected chi connectivity index (χ3v) is 5.20. The van der Waals surface area contributed by atoms with Crippen LogP contribution < -0.4 is 4.74 Å². The van der Waals surface area contributed by atoms with E-state index in [9.17, 15) is 4.79 Å². The van der Waals surface area contributed by atoms with Crippen molar-refractivity contribution >= 4 is 6.09 Å². The highest BCUT2D eigenvalue weighted by Crippen LogP contribution is 2.23. The molecule has 0 bridgehead atoms. The van der Waals surface area contributed by atoms with Gasteiger partial charge in [-0.25, -0.2) is 9.78 Å².